The van der Waals surface area contributed by atoms with E-state index in [2.05, 4.69) is 69.4 Å². The third-order valence-corrected chi connectivity index (χ3v) is 3.98. The van der Waals surface area contributed by atoms with E-state index in [0.29, 0.717) is 5.82 Å². The van der Waals surface area contributed by atoms with Gasteiger partial charge >= 0.3 is 0 Å². The molecule has 3 N–H and O–H groups in total. The van der Waals surface area contributed by atoms with E-state index in [1.807, 2.05) is 0 Å². The summed E-state index contributed by atoms with van der Waals surface area (Å²) < 4.78 is 1.09. The van der Waals surface area contributed by atoms with Gasteiger partial charge in [-0.25, -0.2) is 0 Å². The third kappa shape index (κ3) is 2.31. The Kier molecular flexibility index (Phi) is 3.49. The minimum Gasteiger partial charge on any atom is -0.382 e. The molecule has 3 rings (SSSR count). The van der Waals surface area contributed by atoms with Gasteiger partial charge in [0.05, 0.1) is 5.69 Å². The monoisotopic (exact) mass is 329 g/mol. The van der Waals surface area contributed by atoms with Crippen LogP contribution in [0.1, 0.15) is 18.9 Å². The summed E-state index contributed by atoms with van der Waals surface area (Å²) in [5, 5.41) is 9.64. The van der Waals surface area contributed by atoms with Crippen LogP contribution in [0.25, 0.3) is 22.0 Å². The number of benzene rings is 2. The number of hydrogen-bond acceptors (Lipinski definition) is 2. The lowest BCUT2D eigenvalue weighted by molar-refractivity contribution is 0.927. The molecule has 2 aromatic carbocycles. The van der Waals surface area contributed by atoms with Crippen molar-refractivity contribution in [3.63, 3.8) is 0 Å². The van der Waals surface area contributed by atoms with Gasteiger partial charge in [0, 0.05) is 15.6 Å². The fourth-order valence-corrected chi connectivity index (χ4v) is 2.87. The van der Waals surface area contributed by atoms with Gasteiger partial charge in [-0.05, 0) is 35.4 Å². The summed E-state index contributed by atoms with van der Waals surface area (Å²) in [6.45, 7) is 2.15. The van der Waals surface area contributed by atoms with Crippen molar-refractivity contribution in [3.8, 4) is 11.3 Å². The van der Waals surface area contributed by atoms with E-state index in [0.717, 1.165) is 34.1 Å². The van der Waals surface area contributed by atoms with Gasteiger partial charge in [0.1, 0.15) is 5.82 Å². The summed E-state index contributed by atoms with van der Waals surface area (Å²) in [4.78, 5) is 0. The van der Waals surface area contributed by atoms with Gasteiger partial charge in [-0.2, -0.15) is 5.10 Å². The van der Waals surface area contributed by atoms with Crippen LogP contribution in [0.2, 0.25) is 0 Å². The first-order valence-corrected chi connectivity index (χ1v) is 7.50. The molecule has 3 aromatic rings. The van der Waals surface area contributed by atoms with Crippen molar-refractivity contribution < 1.29 is 0 Å². The Morgan fingerprint density at radius 2 is 1.90 bits per heavy atom. The molecule has 1 aromatic heterocycles. The van der Waals surface area contributed by atoms with E-state index in [1.165, 1.54) is 10.8 Å². The highest BCUT2D eigenvalue weighted by Crippen LogP contribution is 2.30. The Morgan fingerprint density at radius 3 is 2.70 bits per heavy atom. The lowest BCUT2D eigenvalue weighted by Gasteiger charge is -2.05. The number of nitrogens with two attached hydrogens (primary N) is 1. The van der Waals surface area contributed by atoms with Crippen LogP contribution in [0, 0.1) is 0 Å². The second-order valence-electron chi connectivity index (χ2n) is 4.92. The maximum Gasteiger partial charge on any atom is 0.149 e. The maximum absolute atomic E-state index is 5.95. The molecule has 0 aliphatic carbocycles. The predicted octanol–water partition coefficient (Wildman–Crippen LogP) is 4.53. The van der Waals surface area contributed by atoms with Gasteiger partial charge in [-0.1, -0.05) is 47.5 Å². The predicted molar refractivity (Wildman–Crippen MR) is 87.6 cm³/mol. The molecular formula is C16H16BrN3. The van der Waals surface area contributed by atoms with Crippen molar-refractivity contribution >= 4 is 32.5 Å². The molecule has 0 amide bonds. The van der Waals surface area contributed by atoms with E-state index in [4.69, 9.17) is 5.73 Å². The van der Waals surface area contributed by atoms with E-state index in [1.54, 1.807) is 0 Å². The molecule has 0 bridgehead atoms. The van der Waals surface area contributed by atoms with E-state index < -0.39 is 0 Å². The SMILES string of the molecule is CCCc1c(N)n[nH]c1-c1ccc2cc(Br)ccc2c1. The number of rotatable bonds is 3. The van der Waals surface area contributed by atoms with Crippen molar-refractivity contribution in [2.75, 3.05) is 5.73 Å². The minimum atomic E-state index is 0.609. The summed E-state index contributed by atoms with van der Waals surface area (Å²) in [5.41, 5.74) is 9.23. The molecule has 0 fully saturated rings. The quantitative estimate of drug-likeness (QED) is 0.741. The molecule has 0 spiro atoms. The smallest absolute Gasteiger partial charge is 0.149 e. The zero-order chi connectivity index (χ0) is 14.1. The van der Waals surface area contributed by atoms with Gasteiger partial charge in [-0.15, -0.1) is 0 Å². The molecule has 0 radical (unpaired) electrons. The highest BCUT2D eigenvalue weighted by Gasteiger charge is 2.12. The zero-order valence-electron chi connectivity index (χ0n) is 11.3. The molecule has 102 valence electrons. The summed E-state index contributed by atoms with van der Waals surface area (Å²) in [6.07, 6.45) is 1.99. The topological polar surface area (TPSA) is 54.7 Å². The number of nitrogens with zero attached hydrogens (tertiary/aromatic N) is 1. The first kappa shape index (κ1) is 13.2. The van der Waals surface area contributed by atoms with Crippen LogP contribution in [0.3, 0.4) is 0 Å². The second kappa shape index (κ2) is 5.29. The van der Waals surface area contributed by atoms with Crippen molar-refractivity contribution in [1.82, 2.24) is 10.2 Å². The first-order chi connectivity index (χ1) is 9.69. The van der Waals surface area contributed by atoms with Crippen LogP contribution in [0.15, 0.2) is 40.9 Å². The molecular weight excluding hydrogens is 314 g/mol. The Labute approximate surface area is 126 Å². The van der Waals surface area contributed by atoms with Crippen LogP contribution in [-0.4, -0.2) is 10.2 Å². The summed E-state index contributed by atoms with van der Waals surface area (Å²) in [6, 6.07) is 12.7. The number of aromatic nitrogens is 2. The number of aromatic amines is 1. The van der Waals surface area contributed by atoms with Crippen LogP contribution in [0.4, 0.5) is 5.82 Å². The van der Waals surface area contributed by atoms with E-state index in [-0.39, 0.29) is 0 Å². The molecule has 0 unspecified atom stereocenters. The summed E-state index contributed by atoms with van der Waals surface area (Å²) in [5.74, 6) is 0.609. The van der Waals surface area contributed by atoms with Gasteiger partial charge in [0.15, 0.2) is 0 Å². The van der Waals surface area contributed by atoms with Crippen molar-refractivity contribution in [3.05, 3.63) is 46.4 Å². The van der Waals surface area contributed by atoms with Gasteiger partial charge in [0.2, 0.25) is 0 Å². The van der Waals surface area contributed by atoms with Gasteiger partial charge < -0.3 is 5.73 Å². The molecule has 0 aliphatic heterocycles. The molecule has 3 nitrogen and oxygen atoms in total. The van der Waals surface area contributed by atoms with Crippen LogP contribution < -0.4 is 5.73 Å². The lowest BCUT2D eigenvalue weighted by atomic mass is 10.0. The Balaban J connectivity index is 2.12. The fraction of sp³-hybridized carbons (Fsp3) is 0.188. The highest BCUT2D eigenvalue weighted by molar-refractivity contribution is 9.10. The van der Waals surface area contributed by atoms with Gasteiger partial charge in [-0.3, -0.25) is 5.10 Å². The van der Waals surface area contributed by atoms with Crippen LogP contribution in [0.5, 0.6) is 0 Å². The Morgan fingerprint density at radius 1 is 1.15 bits per heavy atom. The molecule has 0 aliphatic rings. The average molecular weight is 330 g/mol. The van der Waals surface area contributed by atoms with E-state index in [9.17, 15) is 0 Å². The van der Waals surface area contributed by atoms with Crippen LogP contribution in [-0.2, 0) is 6.42 Å². The maximum atomic E-state index is 5.95. The third-order valence-electron chi connectivity index (χ3n) is 3.49. The number of nitrogen functional groups attached to an aromatic ring is 1. The van der Waals surface area contributed by atoms with E-state index >= 15 is 0 Å². The average Bonchev–Trinajstić information content (AvgIpc) is 2.80. The molecule has 4 heteroatoms. The molecule has 0 atom stereocenters. The first-order valence-electron chi connectivity index (χ1n) is 6.71. The standard InChI is InChI=1S/C16H16BrN3/c1-2-3-14-15(19-20-16(14)18)12-5-4-11-9-13(17)7-6-10(11)8-12/h4-9H,2-3H2,1H3,(H3,18,19,20). The Hall–Kier alpha value is -1.81. The largest absolute Gasteiger partial charge is 0.382 e. The lowest BCUT2D eigenvalue weighted by Crippen LogP contribution is -1.92. The van der Waals surface area contributed by atoms with Crippen LogP contribution >= 0.6 is 15.9 Å². The summed E-state index contributed by atoms with van der Waals surface area (Å²) >= 11 is 3.50. The number of nitrogens with one attached hydrogen (secondary N) is 1. The zero-order valence-corrected chi connectivity index (χ0v) is 12.9. The molecule has 0 saturated heterocycles. The normalized spacial score (nSPS) is 11.1. The Bertz CT molecular complexity index is 762. The van der Waals surface area contributed by atoms with Crippen molar-refractivity contribution in [2.24, 2.45) is 0 Å². The molecule has 1 heterocycles. The number of halogens is 1. The van der Waals surface area contributed by atoms with Crippen molar-refractivity contribution in [1.29, 1.82) is 0 Å². The van der Waals surface area contributed by atoms with Gasteiger partial charge in [0.25, 0.3) is 0 Å². The summed E-state index contributed by atoms with van der Waals surface area (Å²) in [7, 11) is 0. The number of hydrogen-bond donors (Lipinski definition) is 2. The highest BCUT2D eigenvalue weighted by atomic mass is 79.9. The number of fused-ring (bicyclic) bond motifs is 1. The molecule has 0 saturated carbocycles. The minimum absolute atomic E-state index is 0.609. The fourth-order valence-electron chi connectivity index (χ4n) is 2.49. The number of H-pyrrole nitrogens is 1. The second-order valence-corrected chi connectivity index (χ2v) is 5.83. The van der Waals surface area contributed by atoms with Crippen molar-refractivity contribution in [2.45, 2.75) is 19.8 Å². The number of anilines is 1. The molecule has 20 heavy (non-hydrogen) atoms.